The number of carboxylic acids is 1. The third-order valence-corrected chi connectivity index (χ3v) is 5.63. The molecule has 0 bridgehead atoms. The standard InChI is InChI=1S/C21H25F3O3/c22-21(23,24)19-12-17(10-8-15(19)9-11-20(25)26)27-13-16-6-3-7-18(16)14-4-1-2-5-14/h8,10,12,14H,1-7,9,11,13H2,(H,25,26). The maximum atomic E-state index is 13.3. The molecule has 0 radical (unpaired) electrons. The van der Waals surface area contributed by atoms with Crippen molar-refractivity contribution in [3.05, 3.63) is 40.5 Å². The Kier molecular flexibility index (Phi) is 6.12. The van der Waals surface area contributed by atoms with Crippen molar-refractivity contribution in [1.82, 2.24) is 0 Å². The summed E-state index contributed by atoms with van der Waals surface area (Å²) in [5, 5.41) is 8.73. The second kappa shape index (κ2) is 8.36. The van der Waals surface area contributed by atoms with Crippen molar-refractivity contribution in [1.29, 1.82) is 0 Å². The smallest absolute Gasteiger partial charge is 0.416 e. The summed E-state index contributed by atoms with van der Waals surface area (Å²) in [7, 11) is 0. The van der Waals surface area contributed by atoms with Gasteiger partial charge in [0.2, 0.25) is 0 Å². The normalized spacial score (nSPS) is 18.3. The summed E-state index contributed by atoms with van der Waals surface area (Å²) in [6.45, 7) is 0.345. The third kappa shape index (κ3) is 5.05. The monoisotopic (exact) mass is 382 g/mol. The number of carboxylic acid groups (broad SMARTS) is 1. The van der Waals surface area contributed by atoms with Crippen LogP contribution in [-0.2, 0) is 17.4 Å². The number of benzene rings is 1. The fourth-order valence-corrected chi connectivity index (χ4v) is 4.30. The van der Waals surface area contributed by atoms with E-state index in [1.54, 1.807) is 0 Å². The molecule has 2 aliphatic carbocycles. The van der Waals surface area contributed by atoms with E-state index in [0.717, 1.165) is 25.3 Å². The van der Waals surface area contributed by atoms with E-state index in [2.05, 4.69) is 0 Å². The van der Waals surface area contributed by atoms with Gasteiger partial charge in [-0.3, -0.25) is 4.79 Å². The number of carbonyl (C=O) groups is 1. The van der Waals surface area contributed by atoms with Crippen LogP contribution in [0, 0.1) is 5.92 Å². The van der Waals surface area contributed by atoms with Gasteiger partial charge in [-0.15, -0.1) is 0 Å². The van der Waals surface area contributed by atoms with Crippen molar-refractivity contribution in [3.8, 4) is 5.75 Å². The molecular weight excluding hydrogens is 357 g/mol. The fraction of sp³-hybridized carbons (Fsp3) is 0.571. The second-order valence-electron chi connectivity index (χ2n) is 7.46. The topological polar surface area (TPSA) is 46.5 Å². The Morgan fingerprint density at radius 3 is 2.56 bits per heavy atom. The zero-order valence-corrected chi connectivity index (χ0v) is 15.3. The highest BCUT2D eigenvalue weighted by atomic mass is 19.4. The van der Waals surface area contributed by atoms with Crippen molar-refractivity contribution >= 4 is 5.97 Å². The molecule has 1 fully saturated rings. The lowest BCUT2D eigenvalue weighted by molar-refractivity contribution is -0.140. The van der Waals surface area contributed by atoms with E-state index in [-0.39, 0.29) is 24.2 Å². The second-order valence-corrected chi connectivity index (χ2v) is 7.46. The van der Waals surface area contributed by atoms with Gasteiger partial charge >= 0.3 is 12.1 Å². The molecule has 3 nitrogen and oxygen atoms in total. The lowest BCUT2D eigenvalue weighted by Crippen LogP contribution is -2.12. The Balaban J connectivity index is 1.73. The van der Waals surface area contributed by atoms with Crippen molar-refractivity contribution in [2.75, 3.05) is 6.61 Å². The van der Waals surface area contributed by atoms with Crippen molar-refractivity contribution in [2.45, 2.75) is 64.0 Å². The van der Waals surface area contributed by atoms with E-state index in [1.165, 1.54) is 49.0 Å². The van der Waals surface area contributed by atoms with Crippen molar-refractivity contribution in [2.24, 2.45) is 5.92 Å². The summed E-state index contributed by atoms with van der Waals surface area (Å²) in [4.78, 5) is 10.7. The Morgan fingerprint density at radius 1 is 1.15 bits per heavy atom. The molecule has 0 aromatic heterocycles. The molecule has 0 unspecified atom stereocenters. The predicted molar refractivity (Wildman–Crippen MR) is 95.7 cm³/mol. The van der Waals surface area contributed by atoms with Crippen LogP contribution in [0.4, 0.5) is 13.2 Å². The number of allylic oxidation sites excluding steroid dienone is 1. The number of alkyl halides is 3. The SMILES string of the molecule is O=C(O)CCc1ccc(OCC2=C(C3CCCC3)CCC2)cc1C(F)(F)F. The van der Waals surface area contributed by atoms with Gasteiger partial charge in [-0.2, -0.15) is 13.2 Å². The predicted octanol–water partition coefficient (Wildman–Crippen LogP) is 5.77. The van der Waals surface area contributed by atoms with Gasteiger partial charge in [0.15, 0.2) is 0 Å². The number of aliphatic carboxylic acids is 1. The van der Waals surface area contributed by atoms with E-state index < -0.39 is 17.7 Å². The minimum absolute atomic E-state index is 0.0102. The number of ether oxygens (including phenoxy) is 1. The first kappa shape index (κ1) is 19.8. The average molecular weight is 382 g/mol. The largest absolute Gasteiger partial charge is 0.489 e. The first-order valence-corrected chi connectivity index (χ1v) is 9.60. The van der Waals surface area contributed by atoms with E-state index in [4.69, 9.17) is 9.84 Å². The summed E-state index contributed by atoms with van der Waals surface area (Å²) in [5.41, 5.74) is 1.91. The molecule has 0 spiro atoms. The molecule has 6 heteroatoms. The van der Waals surface area contributed by atoms with Gasteiger partial charge in [0.05, 0.1) is 5.56 Å². The molecular formula is C21H25F3O3. The number of rotatable bonds is 7. The summed E-state index contributed by atoms with van der Waals surface area (Å²) < 4.78 is 45.8. The van der Waals surface area contributed by atoms with Crippen molar-refractivity contribution < 1.29 is 27.8 Å². The van der Waals surface area contributed by atoms with Crippen LogP contribution in [0.3, 0.4) is 0 Å². The maximum Gasteiger partial charge on any atom is 0.416 e. The van der Waals surface area contributed by atoms with Gasteiger partial charge in [0.25, 0.3) is 0 Å². The number of halogens is 3. The lowest BCUT2D eigenvalue weighted by Gasteiger charge is -2.17. The molecule has 1 N–H and O–H groups in total. The van der Waals surface area contributed by atoms with Crippen LogP contribution in [0.1, 0.15) is 62.5 Å². The molecule has 1 aromatic rings. The van der Waals surface area contributed by atoms with Crippen LogP contribution < -0.4 is 4.74 Å². The molecule has 0 saturated heterocycles. The zero-order valence-electron chi connectivity index (χ0n) is 15.3. The first-order chi connectivity index (χ1) is 12.8. The molecule has 2 aliphatic rings. The minimum Gasteiger partial charge on any atom is -0.489 e. The summed E-state index contributed by atoms with van der Waals surface area (Å²) in [5.74, 6) is -0.294. The van der Waals surface area contributed by atoms with Crippen LogP contribution in [-0.4, -0.2) is 17.7 Å². The van der Waals surface area contributed by atoms with E-state index in [0.29, 0.717) is 12.5 Å². The number of hydrogen-bond acceptors (Lipinski definition) is 2. The molecule has 0 heterocycles. The van der Waals surface area contributed by atoms with E-state index in [9.17, 15) is 18.0 Å². The van der Waals surface area contributed by atoms with Crippen LogP contribution >= 0.6 is 0 Å². The Morgan fingerprint density at radius 2 is 1.89 bits per heavy atom. The van der Waals surface area contributed by atoms with E-state index in [1.807, 2.05) is 0 Å². The quantitative estimate of drug-likeness (QED) is 0.609. The van der Waals surface area contributed by atoms with Crippen LogP contribution in [0.15, 0.2) is 29.3 Å². The van der Waals surface area contributed by atoms with Gasteiger partial charge in [-0.1, -0.05) is 24.5 Å². The molecule has 148 valence electrons. The molecule has 3 rings (SSSR count). The van der Waals surface area contributed by atoms with Crippen LogP contribution in [0.25, 0.3) is 0 Å². The summed E-state index contributed by atoms with van der Waals surface area (Å²) >= 11 is 0. The van der Waals surface area contributed by atoms with Crippen LogP contribution in [0.2, 0.25) is 0 Å². The molecule has 27 heavy (non-hydrogen) atoms. The molecule has 0 aliphatic heterocycles. The summed E-state index contributed by atoms with van der Waals surface area (Å²) in [6, 6.07) is 3.85. The highest BCUT2D eigenvalue weighted by Crippen LogP contribution is 2.40. The Labute approximate surface area is 157 Å². The van der Waals surface area contributed by atoms with Gasteiger partial charge in [-0.05, 0) is 67.7 Å². The lowest BCUT2D eigenvalue weighted by atomic mass is 9.94. The van der Waals surface area contributed by atoms with Gasteiger partial charge in [0, 0.05) is 6.42 Å². The highest BCUT2D eigenvalue weighted by molar-refractivity contribution is 5.67. The van der Waals surface area contributed by atoms with Gasteiger partial charge in [-0.25, -0.2) is 0 Å². The molecule has 1 saturated carbocycles. The number of hydrogen-bond donors (Lipinski definition) is 1. The third-order valence-electron chi connectivity index (χ3n) is 5.63. The summed E-state index contributed by atoms with van der Waals surface area (Å²) in [6.07, 6.45) is 3.10. The van der Waals surface area contributed by atoms with Gasteiger partial charge in [0.1, 0.15) is 12.4 Å². The van der Waals surface area contributed by atoms with E-state index >= 15 is 0 Å². The molecule has 0 atom stereocenters. The van der Waals surface area contributed by atoms with Crippen LogP contribution in [0.5, 0.6) is 5.75 Å². The molecule has 1 aromatic carbocycles. The zero-order chi connectivity index (χ0) is 19.4. The maximum absolute atomic E-state index is 13.3. The minimum atomic E-state index is -4.53. The average Bonchev–Trinajstić information content (AvgIpc) is 3.28. The van der Waals surface area contributed by atoms with Gasteiger partial charge < -0.3 is 9.84 Å². The Bertz CT molecular complexity index is 716. The first-order valence-electron chi connectivity index (χ1n) is 9.60. The highest BCUT2D eigenvalue weighted by Gasteiger charge is 2.34. The number of aryl methyl sites for hydroxylation is 1. The Hall–Kier alpha value is -1.98. The fourth-order valence-electron chi connectivity index (χ4n) is 4.30. The molecule has 0 amide bonds. The van der Waals surface area contributed by atoms with Crippen molar-refractivity contribution in [3.63, 3.8) is 0 Å².